The molecule has 0 aliphatic heterocycles. The molecule has 1 aliphatic rings. The van der Waals surface area contributed by atoms with Crippen molar-refractivity contribution in [3.8, 4) is 5.75 Å². The van der Waals surface area contributed by atoms with E-state index in [0.29, 0.717) is 6.54 Å². The van der Waals surface area contributed by atoms with Gasteiger partial charge in [0.1, 0.15) is 11.9 Å². The minimum Gasteiger partial charge on any atom is -0.488 e. The highest BCUT2D eigenvalue weighted by atomic mass is 16.5. The summed E-state index contributed by atoms with van der Waals surface area (Å²) >= 11 is 0. The molecule has 1 aromatic heterocycles. The summed E-state index contributed by atoms with van der Waals surface area (Å²) in [6, 6.07) is 13.8. The molecule has 1 saturated carbocycles. The smallest absolute Gasteiger partial charge is 0.124 e. The third-order valence-corrected chi connectivity index (χ3v) is 4.01. The zero-order valence-corrected chi connectivity index (χ0v) is 12.6. The van der Waals surface area contributed by atoms with Crippen molar-refractivity contribution >= 4 is 5.69 Å². The highest BCUT2D eigenvalue weighted by Gasteiger charge is 2.24. The van der Waals surface area contributed by atoms with E-state index in [4.69, 9.17) is 4.74 Å². The van der Waals surface area contributed by atoms with Crippen LogP contribution in [0.3, 0.4) is 0 Å². The summed E-state index contributed by atoms with van der Waals surface area (Å²) in [5.74, 6) is 0.814. The van der Waals surface area contributed by atoms with Gasteiger partial charge in [-0.1, -0.05) is 12.5 Å². The Morgan fingerprint density at radius 3 is 2.64 bits per heavy atom. The van der Waals surface area contributed by atoms with Gasteiger partial charge in [-0.15, -0.1) is 0 Å². The fraction of sp³-hybridized carbons (Fsp3) is 0.389. The van der Waals surface area contributed by atoms with Gasteiger partial charge in [-0.05, 0) is 55.7 Å². The molecule has 1 heterocycles. The van der Waals surface area contributed by atoms with Crippen molar-refractivity contribution in [1.82, 2.24) is 4.98 Å². The molecule has 0 spiro atoms. The number of aliphatic hydroxyl groups is 1. The van der Waals surface area contributed by atoms with Gasteiger partial charge in [-0.3, -0.25) is 4.98 Å². The number of hydrogen-bond acceptors (Lipinski definition) is 4. The van der Waals surface area contributed by atoms with E-state index in [1.54, 1.807) is 6.20 Å². The topological polar surface area (TPSA) is 54.4 Å². The number of aromatic nitrogens is 1. The number of nitrogens with one attached hydrogen (secondary N) is 1. The fourth-order valence-corrected chi connectivity index (χ4v) is 2.74. The van der Waals surface area contributed by atoms with Gasteiger partial charge in [0, 0.05) is 11.9 Å². The van der Waals surface area contributed by atoms with Crippen LogP contribution in [0.4, 0.5) is 5.69 Å². The van der Waals surface area contributed by atoms with Crippen LogP contribution in [-0.4, -0.2) is 22.3 Å². The lowest BCUT2D eigenvalue weighted by molar-refractivity contribution is 0.00688. The molecule has 0 radical (unpaired) electrons. The van der Waals surface area contributed by atoms with E-state index in [1.807, 2.05) is 42.5 Å². The second-order valence-corrected chi connectivity index (χ2v) is 5.71. The molecule has 3 rings (SSSR count). The van der Waals surface area contributed by atoms with E-state index in [-0.39, 0.29) is 12.2 Å². The largest absolute Gasteiger partial charge is 0.488 e. The van der Waals surface area contributed by atoms with Crippen LogP contribution in [0.1, 0.15) is 31.4 Å². The SMILES string of the molecule is OC1CCCCC1Oc1ccc(NCc2ccccn2)cc1. The molecule has 0 saturated heterocycles. The van der Waals surface area contributed by atoms with E-state index < -0.39 is 0 Å². The summed E-state index contributed by atoms with van der Waals surface area (Å²) in [5.41, 5.74) is 2.04. The molecule has 2 aromatic rings. The van der Waals surface area contributed by atoms with E-state index in [2.05, 4.69) is 10.3 Å². The first-order valence-corrected chi connectivity index (χ1v) is 7.90. The Balaban J connectivity index is 1.53. The van der Waals surface area contributed by atoms with Gasteiger partial charge in [0.2, 0.25) is 0 Å². The number of benzene rings is 1. The highest BCUT2D eigenvalue weighted by Crippen LogP contribution is 2.25. The fourth-order valence-electron chi connectivity index (χ4n) is 2.74. The summed E-state index contributed by atoms with van der Waals surface area (Å²) in [6.07, 6.45) is 5.39. The van der Waals surface area contributed by atoms with Crippen LogP contribution >= 0.6 is 0 Å². The van der Waals surface area contributed by atoms with E-state index in [9.17, 15) is 5.11 Å². The molecular weight excluding hydrogens is 276 g/mol. The molecule has 2 N–H and O–H groups in total. The summed E-state index contributed by atoms with van der Waals surface area (Å²) < 4.78 is 5.90. The Morgan fingerprint density at radius 1 is 1.09 bits per heavy atom. The molecule has 4 heteroatoms. The molecule has 2 atom stereocenters. The lowest BCUT2D eigenvalue weighted by atomic mass is 9.95. The van der Waals surface area contributed by atoms with Crippen molar-refractivity contribution in [1.29, 1.82) is 0 Å². The Kier molecular flexibility index (Phi) is 4.91. The van der Waals surface area contributed by atoms with Crippen LogP contribution in [0.25, 0.3) is 0 Å². The molecule has 116 valence electrons. The predicted molar refractivity (Wildman–Crippen MR) is 86.9 cm³/mol. The molecule has 4 nitrogen and oxygen atoms in total. The van der Waals surface area contributed by atoms with Gasteiger partial charge in [0.25, 0.3) is 0 Å². The van der Waals surface area contributed by atoms with Gasteiger partial charge in [-0.25, -0.2) is 0 Å². The molecule has 1 fully saturated rings. The van der Waals surface area contributed by atoms with Crippen LogP contribution in [-0.2, 0) is 6.54 Å². The predicted octanol–water partition coefficient (Wildman–Crippen LogP) is 3.38. The van der Waals surface area contributed by atoms with Gasteiger partial charge >= 0.3 is 0 Å². The van der Waals surface area contributed by atoms with Crippen molar-refractivity contribution in [3.05, 3.63) is 54.4 Å². The lowest BCUT2D eigenvalue weighted by Crippen LogP contribution is -2.34. The van der Waals surface area contributed by atoms with Crippen LogP contribution in [0.2, 0.25) is 0 Å². The van der Waals surface area contributed by atoms with Crippen LogP contribution in [0, 0.1) is 0 Å². The summed E-state index contributed by atoms with van der Waals surface area (Å²) in [6.45, 7) is 0.697. The van der Waals surface area contributed by atoms with Crippen LogP contribution < -0.4 is 10.1 Å². The first-order valence-electron chi connectivity index (χ1n) is 7.90. The van der Waals surface area contributed by atoms with Gasteiger partial charge in [0.05, 0.1) is 18.3 Å². The zero-order valence-electron chi connectivity index (χ0n) is 12.6. The summed E-state index contributed by atoms with van der Waals surface area (Å²) in [4.78, 5) is 4.28. The average molecular weight is 298 g/mol. The second kappa shape index (κ2) is 7.27. The normalized spacial score (nSPS) is 21.3. The van der Waals surface area contributed by atoms with Crippen molar-refractivity contribution < 1.29 is 9.84 Å². The van der Waals surface area contributed by atoms with Crippen molar-refractivity contribution in [2.75, 3.05) is 5.32 Å². The van der Waals surface area contributed by atoms with Crippen molar-refractivity contribution in [2.45, 2.75) is 44.4 Å². The molecule has 22 heavy (non-hydrogen) atoms. The van der Waals surface area contributed by atoms with Crippen LogP contribution in [0.5, 0.6) is 5.75 Å². The molecule has 1 aromatic carbocycles. The summed E-state index contributed by atoms with van der Waals surface area (Å²) in [5, 5.41) is 13.3. The zero-order chi connectivity index (χ0) is 15.2. The third-order valence-electron chi connectivity index (χ3n) is 4.01. The standard InChI is InChI=1S/C18H22N2O2/c21-17-6-1-2-7-18(17)22-16-10-8-14(9-11-16)20-13-15-5-3-4-12-19-15/h3-5,8-12,17-18,20-21H,1-2,6-7,13H2. The average Bonchev–Trinajstić information content (AvgIpc) is 2.57. The first kappa shape index (κ1) is 14.9. The maximum absolute atomic E-state index is 9.95. The minimum atomic E-state index is -0.337. The van der Waals surface area contributed by atoms with Crippen molar-refractivity contribution in [2.24, 2.45) is 0 Å². The number of nitrogens with zero attached hydrogens (tertiary/aromatic N) is 1. The second-order valence-electron chi connectivity index (χ2n) is 5.71. The van der Waals surface area contributed by atoms with Gasteiger partial charge < -0.3 is 15.2 Å². The first-order chi connectivity index (χ1) is 10.8. The van der Waals surface area contributed by atoms with Gasteiger partial charge in [0.15, 0.2) is 0 Å². The highest BCUT2D eigenvalue weighted by molar-refractivity contribution is 5.46. The number of hydrogen-bond donors (Lipinski definition) is 2. The molecule has 1 aliphatic carbocycles. The lowest BCUT2D eigenvalue weighted by Gasteiger charge is -2.28. The number of anilines is 1. The Morgan fingerprint density at radius 2 is 1.91 bits per heavy atom. The molecular formula is C18H22N2O2. The molecule has 0 bridgehead atoms. The number of pyridine rings is 1. The Labute approximate surface area is 131 Å². The van der Waals surface area contributed by atoms with E-state index in [1.165, 1.54) is 0 Å². The maximum atomic E-state index is 9.95. The minimum absolute atomic E-state index is 0.0684. The van der Waals surface area contributed by atoms with Gasteiger partial charge in [-0.2, -0.15) is 0 Å². The van der Waals surface area contributed by atoms with E-state index in [0.717, 1.165) is 42.8 Å². The van der Waals surface area contributed by atoms with E-state index >= 15 is 0 Å². The number of aliphatic hydroxyl groups excluding tert-OH is 1. The Bertz CT molecular complexity index is 571. The van der Waals surface area contributed by atoms with Crippen LogP contribution in [0.15, 0.2) is 48.7 Å². The Hall–Kier alpha value is -2.07. The third kappa shape index (κ3) is 3.98. The number of ether oxygens (including phenoxy) is 1. The molecule has 0 amide bonds. The molecule has 2 unspecified atom stereocenters. The number of rotatable bonds is 5. The van der Waals surface area contributed by atoms with Crippen molar-refractivity contribution in [3.63, 3.8) is 0 Å². The monoisotopic (exact) mass is 298 g/mol. The maximum Gasteiger partial charge on any atom is 0.124 e. The quantitative estimate of drug-likeness (QED) is 0.888. The summed E-state index contributed by atoms with van der Waals surface area (Å²) in [7, 11) is 0.